The van der Waals surface area contributed by atoms with Gasteiger partial charge in [0.2, 0.25) is 0 Å². The van der Waals surface area contributed by atoms with E-state index in [9.17, 15) is 0 Å². The van der Waals surface area contributed by atoms with E-state index in [-0.39, 0.29) is 0 Å². The average Bonchev–Trinajstić information content (AvgIpc) is 2.95. The van der Waals surface area contributed by atoms with Crippen molar-refractivity contribution in [1.82, 2.24) is 14.6 Å². The Morgan fingerprint density at radius 1 is 1.16 bits per heavy atom. The van der Waals surface area contributed by atoms with E-state index < -0.39 is 0 Å². The molecule has 2 aromatic heterocycles. The molecule has 0 aliphatic carbocycles. The molecule has 0 atom stereocenters. The Hall–Kier alpha value is -2.40. The molecule has 96 valence electrons. The predicted molar refractivity (Wildman–Crippen MR) is 75.4 cm³/mol. The van der Waals surface area contributed by atoms with E-state index in [1.807, 2.05) is 53.0 Å². The average molecular weight is 253 g/mol. The third-order valence-corrected chi connectivity index (χ3v) is 3.18. The molecule has 1 aromatic carbocycles. The normalized spacial score (nSPS) is 10.8. The van der Waals surface area contributed by atoms with Gasteiger partial charge >= 0.3 is 0 Å². The van der Waals surface area contributed by atoms with E-state index in [0.717, 1.165) is 22.6 Å². The summed E-state index contributed by atoms with van der Waals surface area (Å²) in [6.07, 6.45) is 5.36. The minimum atomic E-state index is 0.556. The van der Waals surface area contributed by atoms with Crippen LogP contribution < -0.4 is 10.6 Å². The molecule has 2 N–H and O–H groups in total. The molecule has 2 heterocycles. The van der Waals surface area contributed by atoms with Crippen LogP contribution in [-0.2, 0) is 6.54 Å². The highest BCUT2D eigenvalue weighted by atomic mass is 15.3. The molecule has 0 spiro atoms. The zero-order chi connectivity index (χ0) is 13.2. The Labute approximate surface area is 111 Å². The third kappa shape index (κ3) is 2.04. The van der Waals surface area contributed by atoms with Crippen molar-refractivity contribution in [2.75, 3.05) is 11.9 Å². The van der Waals surface area contributed by atoms with E-state index in [4.69, 9.17) is 5.73 Å². The monoisotopic (exact) mass is 253 g/mol. The molecule has 0 radical (unpaired) electrons. The van der Waals surface area contributed by atoms with E-state index in [0.29, 0.717) is 6.54 Å². The van der Waals surface area contributed by atoms with Gasteiger partial charge in [-0.05, 0) is 23.8 Å². The van der Waals surface area contributed by atoms with Gasteiger partial charge in [-0.3, -0.25) is 0 Å². The molecule has 3 rings (SSSR count). The molecule has 19 heavy (non-hydrogen) atoms. The second-order valence-corrected chi connectivity index (χ2v) is 4.34. The van der Waals surface area contributed by atoms with Crippen molar-refractivity contribution in [3.8, 4) is 0 Å². The van der Waals surface area contributed by atoms with Crippen LogP contribution in [0.3, 0.4) is 0 Å². The highest BCUT2D eigenvalue weighted by molar-refractivity contribution is 5.74. The summed E-state index contributed by atoms with van der Waals surface area (Å²) in [5.74, 6) is 0.875. The highest BCUT2D eigenvalue weighted by Gasteiger charge is 2.10. The van der Waals surface area contributed by atoms with Crippen LogP contribution in [0.1, 0.15) is 5.56 Å². The minimum absolute atomic E-state index is 0.556. The van der Waals surface area contributed by atoms with Crippen molar-refractivity contribution >= 4 is 17.0 Å². The van der Waals surface area contributed by atoms with Gasteiger partial charge in [0.1, 0.15) is 5.52 Å². The molecule has 0 amide bonds. The largest absolute Gasteiger partial charge is 0.328 e. The van der Waals surface area contributed by atoms with Crippen molar-refractivity contribution in [3.63, 3.8) is 0 Å². The van der Waals surface area contributed by atoms with E-state index in [1.165, 1.54) is 0 Å². The fraction of sp³-hybridized carbons (Fsp3) is 0.143. The Balaban J connectivity index is 2.02. The van der Waals surface area contributed by atoms with Crippen LogP contribution in [0.5, 0.6) is 0 Å². The number of hydrogen-bond donors (Lipinski definition) is 1. The first-order chi connectivity index (χ1) is 9.29. The molecule has 0 saturated carbocycles. The van der Waals surface area contributed by atoms with Crippen LogP contribution in [0.4, 0.5) is 11.5 Å². The fourth-order valence-electron chi connectivity index (χ4n) is 2.08. The number of nitrogens with two attached hydrogens (primary N) is 1. The summed E-state index contributed by atoms with van der Waals surface area (Å²) in [6, 6.07) is 10.1. The van der Waals surface area contributed by atoms with Crippen molar-refractivity contribution in [2.45, 2.75) is 6.54 Å². The summed E-state index contributed by atoms with van der Waals surface area (Å²) < 4.78 is 1.81. The quantitative estimate of drug-likeness (QED) is 0.775. The second kappa shape index (κ2) is 4.70. The number of hydrogen-bond acceptors (Lipinski definition) is 4. The van der Waals surface area contributed by atoms with E-state index in [2.05, 4.69) is 10.1 Å². The summed E-state index contributed by atoms with van der Waals surface area (Å²) in [5, 5.41) is 4.22. The summed E-state index contributed by atoms with van der Waals surface area (Å²) in [5.41, 5.74) is 8.78. The Kier molecular flexibility index (Phi) is 2.89. The van der Waals surface area contributed by atoms with Crippen LogP contribution in [0, 0.1) is 0 Å². The number of fused-ring (bicyclic) bond motifs is 1. The second-order valence-electron chi connectivity index (χ2n) is 4.34. The van der Waals surface area contributed by atoms with Crippen molar-refractivity contribution in [2.24, 2.45) is 5.73 Å². The smallest absolute Gasteiger partial charge is 0.158 e. The first kappa shape index (κ1) is 11.7. The lowest BCUT2D eigenvalue weighted by molar-refractivity contribution is 0.938. The summed E-state index contributed by atoms with van der Waals surface area (Å²) in [7, 11) is 1.99. The summed E-state index contributed by atoms with van der Waals surface area (Å²) in [4.78, 5) is 6.48. The van der Waals surface area contributed by atoms with Crippen molar-refractivity contribution in [1.29, 1.82) is 0 Å². The molecule has 0 fully saturated rings. The van der Waals surface area contributed by atoms with Gasteiger partial charge in [-0.1, -0.05) is 12.1 Å². The first-order valence-electron chi connectivity index (χ1n) is 6.10. The predicted octanol–water partition coefficient (Wildman–Crippen LogP) is 1.96. The lowest BCUT2D eigenvalue weighted by Gasteiger charge is -2.19. The lowest BCUT2D eigenvalue weighted by atomic mass is 10.2. The maximum Gasteiger partial charge on any atom is 0.158 e. The topological polar surface area (TPSA) is 59.5 Å². The van der Waals surface area contributed by atoms with Crippen LogP contribution in [0.25, 0.3) is 5.52 Å². The molecule has 0 aliphatic heterocycles. The lowest BCUT2D eigenvalue weighted by Crippen LogP contribution is -2.12. The van der Waals surface area contributed by atoms with Gasteiger partial charge in [-0.25, -0.2) is 9.50 Å². The van der Waals surface area contributed by atoms with Crippen LogP contribution in [0.2, 0.25) is 0 Å². The first-order valence-corrected chi connectivity index (χ1v) is 6.10. The number of rotatable bonds is 3. The maximum absolute atomic E-state index is 5.61. The molecule has 0 aliphatic rings. The van der Waals surface area contributed by atoms with Gasteiger partial charge in [0, 0.05) is 31.7 Å². The Morgan fingerprint density at radius 3 is 2.68 bits per heavy atom. The van der Waals surface area contributed by atoms with Gasteiger partial charge in [0.15, 0.2) is 5.82 Å². The molecule has 5 nitrogen and oxygen atoms in total. The summed E-state index contributed by atoms with van der Waals surface area (Å²) >= 11 is 0. The molecular weight excluding hydrogens is 238 g/mol. The zero-order valence-corrected chi connectivity index (χ0v) is 10.7. The van der Waals surface area contributed by atoms with Gasteiger partial charge in [0.25, 0.3) is 0 Å². The molecular formula is C14H15N5. The van der Waals surface area contributed by atoms with Crippen LogP contribution in [0.15, 0.2) is 48.9 Å². The molecule has 0 saturated heterocycles. The minimum Gasteiger partial charge on any atom is -0.328 e. The number of nitrogens with zero attached hydrogens (tertiary/aromatic N) is 4. The van der Waals surface area contributed by atoms with Gasteiger partial charge in [0.05, 0.1) is 6.20 Å². The molecule has 0 bridgehead atoms. The summed E-state index contributed by atoms with van der Waals surface area (Å²) in [6.45, 7) is 0.556. The highest BCUT2D eigenvalue weighted by Crippen LogP contribution is 2.25. The van der Waals surface area contributed by atoms with Crippen LogP contribution >= 0.6 is 0 Å². The van der Waals surface area contributed by atoms with E-state index in [1.54, 1.807) is 12.4 Å². The number of anilines is 2. The molecule has 0 unspecified atom stereocenters. The number of aromatic nitrogens is 3. The van der Waals surface area contributed by atoms with E-state index >= 15 is 0 Å². The van der Waals surface area contributed by atoms with Crippen LogP contribution in [-0.4, -0.2) is 21.6 Å². The fourth-order valence-corrected chi connectivity index (χ4v) is 2.08. The zero-order valence-electron chi connectivity index (χ0n) is 10.7. The SMILES string of the molecule is CN(c1ccc(CN)cc1)c1nccn2nccc12. The molecule has 3 aromatic rings. The third-order valence-electron chi connectivity index (χ3n) is 3.18. The van der Waals surface area contributed by atoms with Gasteiger partial charge < -0.3 is 10.6 Å². The van der Waals surface area contributed by atoms with Crippen molar-refractivity contribution in [3.05, 3.63) is 54.5 Å². The maximum atomic E-state index is 5.61. The standard InChI is InChI=1S/C14H15N5/c1-18(12-4-2-11(10-15)3-5-12)14-13-6-7-17-19(13)9-8-16-14/h2-9H,10,15H2,1H3. The molecule has 5 heteroatoms. The van der Waals surface area contributed by atoms with Gasteiger partial charge in [-0.2, -0.15) is 5.10 Å². The number of benzene rings is 1. The Morgan fingerprint density at radius 2 is 1.95 bits per heavy atom. The van der Waals surface area contributed by atoms with Gasteiger partial charge in [-0.15, -0.1) is 0 Å². The Bertz CT molecular complexity index is 686. The van der Waals surface area contributed by atoms with Crippen molar-refractivity contribution < 1.29 is 0 Å².